The zero-order valence-electron chi connectivity index (χ0n) is 12.2. The first kappa shape index (κ1) is 15.1. The van der Waals surface area contributed by atoms with Gasteiger partial charge in [0.15, 0.2) is 0 Å². The maximum Gasteiger partial charge on any atom is 0.0547 e. The van der Waals surface area contributed by atoms with Gasteiger partial charge in [-0.15, -0.1) is 0 Å². The van der Waals surface area contributed by atoms with Crippen LogP contribution in [-0.2, 0) is 6.54 Å². The summed E-state index contributed by atoms with van der Waals surface area (Å²) in [5, 5.41) is 0. The third-order valence-electron chi connectivity index (χ3n) is 3.41. The smallest absolute Gasteiger partial charge is 0.0547 e. The van der Waals surface area contributed by atoms with Crippen LogP contribution in [0.1, 0.15) is 38.6 Å². The average Bonchev–Trinajstić information content (AvgIpc) is 2.33. The first-order valence-electron chi connectivity index (χ1n) is 6.93. The van der Waals surface area contributed by atoms with Crippen molar-refractivity contribution in [3.05, 3.63) is 29.6 Å². The fraction of sp³-hybridized carbons (Fsp3) is 0.667. The van der Waals surface area contributed by atoms with Crippen LogP contribution in [0.25, 0.3) is 0 Å². The molecule has 0 fully saturated rings. The summed E-state index contributed by atoms with van der Waals surface area (Å²) >= 11 is 0. The fourth-order valence-electron chi connectivity index (χ4n) is 1.93. The van der Waals surface area contributed by atoms with Crippen molar-refractivity contribution in [3.8, 4) is 0 Å². The molecule has 102 valence electrons. The van der Waals surface area contributed by atoms with E-state index in [0.29, 0.717) is 12.0 Å². The summed E-state index contributed by atoms with van der Waals surface area (Å²) in [4.78, 5) is 6.96. The molecular weight excluding hydrogens is 222 g/mol. The molecular formula is C15H27N3. The van der Waals surface area contributed by atoms with Crippen LogP contribution >= 0.6 is 0 Å². The van der Waals surface area contributed by atoms with Crippen molar-refractivity contribution in [1.82, 2.24) is 9.88 Å². The highest BCUT2D eigenvalue weighted by molar-refractivity contribution is 5.09. The molecule has 1 unspecified atom stereocenters. The molecule has 1 aromatic heterocycles. The fourth-order valence-corrected chi connectivity index (χ4v) is 1.93. The molecule has 1 aromatic rings. The van der Waals surface area contributed by atoms with E-state index >= 15 is 0 Å². The van der Waals surface area contributed by atoms with Gasteiger partial charge in [-0.05, 0) is 37.9 Å². The van der Waals surface area contributed by atoms with E-state index in [1.54, 1.807) is 0 Å². The normalized spacial score (nSPS) is 13.3. The monoisotopic (exact) mass is 249 g/mol. The van der Waals surface area contributed by atoms with Crippen LogP contribution in [0.4, 0.5) is 0 Å². The first-order valence-corrected chi connectivity index (χ1v) is 6.93. The van der Waals surface area contributed by atoms with E-state index in [9.17, 15) is 0 Å². The van der Waals surface area contributed by atoms with Gasteiger partial charge >= 0.3 is 0 Å². The minimum atomic E-state index is 0.296. The Kier molecular flexibility index (Phi) is 6.30. The van der Waals surface area contributed by atoms with Gasteiger partial charge in [-0.1, -0.05) is 26.8 Å². The lowest BCUT2D eigenvalue weighted by molar-refractivity contribution is 0.255. The molecule has 0 aliphatic heterocycles. The summed E-state index contributed by atoms with van der Waals surface area (Å²) in [6, 6.07) is 6.50. The quantitative estimate of drug-likeness (QED) is 0.807. The van der Waals surface area contributed by atoms with E-state index < -0.39 is 0 Å². The molecule has 0 saturated heterocycles. The maximum atomic E-state index is 6.09. The lowest BCUT2D eigenvalue weighted by Gasteiger charge is -2.23. The second-order valence-electron chi connectivity index (χ2n) is 5.34. The number of nitrogens with two attached hydrogens (primary N) is 1. The lowest BCUT2D eigenvalue weighted by atomic mass is 10.0. The van der Waals surface area contributed by atoms with Gasteiger partial charge in [-0.2, -0.15) is 0 Å². The Morgan fingerprint density at radius 3 is 2.61 bits per heavy atom. The van der Waals surface area contributed by atoms with Crippen LogP contribution in [0, 0.1) is 12.8 Å². The number of rotatable bonds is 7. The molecule has 18 heavy (non-hydrogen) atoms. The van der Waals surface area contributed by atoms with Crippen LogP contribution in [0.15, 0.2) is 18.2 Å². The topological polar surface area (TPSA) is 42.1 Å². The highest BCUT2D eigenvalue weighted by Gasteiger charge is 2.10. The third-order valence-corrected chi connectivity index (χ3v) is 3.41. The van der Waals surface area contributed by atoms with Crippen LogP contribution in [0.5, 0.6) is 0 Å². The van der Waals surface area contributed by atoms with Crippen molar-refractivity contribution in [2.75, 3.05) is 13.1 Å². The molecule has 2 N–H and O–H groups in total. The molecule has 3 nitrogen and oxygen atoms in total. The number of aromatic nitrogens is 1. The van der Waals surface area contributed by atoms with E-state index in [-0.39, 0.29) is 0 Å². The van der Waals surface area contributed by atoms with E-state index in [1.807, 2.05) is 13.0 Å². The van der Waals surface area contributed by atoms with Gasteiger partial charge in [0.1, 0.15) is 0 Å². The minimum Gasteiger partial charge on any atom is -0.327 e. The van der Waals surface area contributed by atoms with Gasteiger partial charge in [0.05, 0.1) is 5.69 Å². The molecule has 3 heteroatoms. The second kappa shape index (κ2) is 7.49. The molecule has 0 radical (unpaired) electrons. The van der Waals surface area contributed by atoms with Crippen molar-refractivity contribution in [3.63, 3.8) is 0 Å². The van der Waals surface area contributed by atoms with Crippen LogP contribution in [0.3, 0.4) is 0 Å². The number of hydrogen-bond donors (Lipinski definition) is 1. The number of pyridine rings is 1. The molecule has 1 rings (SSSR count). The van der Waals surface area contributed by atoms with Crippen LogP contribution in [0.2, 0.25) is 0 Å². The average molecular weight is 249 g/mol. The van der Waals surface area contributed by atoms with Gasteiger partial charge < -0.3 is 5.73 Å². The zero-order chi connectivity index (χ0) is 13.5. The Morgan fingerprint density at radius 1 is 1.33 bits per heavy atom. The van der Waals surface area contributed by atoms with Crippen LogP contribution < -0.4 is 5.73 Å². The van der Waals surface area contributed by atoms with Gasteiger partial charge in [0, 0.05) is 24.8 Å². The summed E-state index contributed by atoms with van der Waals surface area (Å²) in [5.41, 5.74) is 8.33. The van der Waals surface area contributed by atoms with Gasteiger partial charge in [0.25, 0.3) is 0 Å². The Balaban J connectivity index is 2.47. The Morgan fingerprint density at radius 2 is 2.06 bits per heavy atom. The Hall–Kier alpha value is -0.930. The standard InChI is InChI=1S/C15H27N3/c1-5-18(10-9-15(16)12(2)3)11-14-8-6-7-13(4)17-14/h6-8,12,15H,5,9-11,16H2,1-4H3. The van der Waals surface area contributed by atoms with Crippen molar-refractivity contribution >= 4 is 0 Å². The minimum absolute atomic E-state index is 0.296. The van der Waals surface area contributed by atoms with Crippen molar-refractivity contribution < 1.29 is 0 Å². The summed E-state index contributed by atoms with van der Waals surface area (Å²) in [6.07, 6.45) is 1.05. The number of aryl methyl sites for hydroxylation is 1. The molecule has 1 atom stereocenters. The summed E-state index contributed by atoms with van der Waals surface area (Å²) < 4.78 is 0. The summed E-state index contributed by atoms with van der Waals surface area (Å²) in [5.74, 6) is 0.556. The number of hydrogen-bond acceptors (Lipinski definition) is 3. The highest BCUT2D eigenvalue weighted by atomic mass is 15.1. The zero-order valence-corrected chi connectivity index (χ0v) is 12.2. The molecule has 0 bridgehead atoms. The predicted octanol–water partition coefficient (Wildman–Crippen LogP) is 2.59. The highest BCUT2D eigenvalue weighted by Crippen LogP contribution is 2.07. The SMILES string of the molecule is CCN(CCC(N)C(C)C)Cc1cccc(C)n1. The van der Waals surface area contributed by atoms with Gasteiger partial charge in [0.2, 0.25) is 0 Å². The molecule has 0 spiro atoms. The van der Waals surface area contributed by atoms with E-state index in [1.165, 1.54) is 0 Å². The molecule has 0 saturated carbocycles. The van der Waals surface area contributed by atoms with E-state index in [0.717, 1.165) is 37.4 Å². The summed E-state index contributed by atoms with van der Waals surface area (Å²) in [7, 11) is 0. The molecule has 0 aliphatic carbocycles. The summed E-state index contributed by atoms with van der Waals surface area (Å²) in [6.45, 7) is 11.6. The Bertz CT molecular complexity index is 349. The second-order valence-corrected chi connectivity index (χ2v) is 5.34. The molecule has 0 amide bonds. The van der Waals surface area contributed by atoms with E-state index in [4.69, 9.17) is 5.73 Å². The van der Waals surface area contributed by atoms with Crippen molar-refractivity contribution in [2.24, 2.45) is 11.7 Å². The first-order chi connectivity index (χ1) is 8.52. The van der Waals surface area contributed by atoms with E-state index in [2.05, 4.69) is 42.8 Å². The lowest BCUT2D eigenvalue weighted by Crippen LogP contribution is -2.33. The molecule has 0 aliphatic rings. The van der Waals surface area contributed by atoms with Gasteiger partial charge in [-0.25, -0.2) is 0 Å². The molecule has 0 aromatic carbocycles. The van der Waals surface area contributed by atoms with Crippen LogP contribution in [-0.4, -0.2) is 29.0 Å². The van der Waals surface area contributed by atoms with Gasteiger partial charge in [-0.3, -0.25) is 9.88 Å². The number of nitrogens with zero attached hydrogens (tertiary/aromatic N) is 2. The molecule has 1 heterocycles. The Labute approximate surface area is 111 Å². The predicted molar refractivity (Wildman–Crippen MR) is 77.4 cm³/mol. The van der Waals surface area contributed by atoms with Crippen molar-refractivity contribution in [1.29, 1.82) is 0 Å². The maximum absolute atomic E-state index is 6.09. The largest absolute Gasteiger partial charge is 0.327 e. The third kappa shape index (κ3) is 5.15. The van der Waals surface area contributed by atoms with Crippen molar-refractivity contribution in [2.45, 2.75) is 46.7 Å².